The Labute approximate surface area is 120 Å². The highest BCUT2D eigenvalue weighted by Crippen LogP contribution is 2.20. The molecule has 1 amide bonds. The van der Waals surface area contributed by atoms with Gasteiger partial charge in [-0.3, -0.25) is 4.79 Å². The number of rotatable bonds is 5. The number of nitrogens with one attached hydrogen (secondary N) is 1. The molecule has 1 rings (SSSR count). The quantitative estimate of drug-likeness (QED) is 0.797. The standard InChI is InChI=1S/C12H14BrCl2NO/c1-2-8(13)5-6-16-12(17)10-7-9(14)3-4-11(10)15/h3-4,7-8H,2,5-6H2,1H3,(H,16,17). The van der Waals surface area contributed by atoms with E-state index in [1.807, 2.05) is 0 Å². The molecule has 0 aromatic heterocycles. The van der Waals surface area contributed by atoms with E-state index in [-0.39, 0.29) is 5.91 Å². The average Bonchev–Trinajstić information content (AvgIpc) is 2.31. The second-order valence-corrected chi connectivity index (χ2v) is 5.81. The summed E-state index contributed by atoms with van der Waals surface area (Å²) < 4.78 is 0. The van der Waals surface area contributed by atoms with Gasteiger partial charge in [0, 0.05) is 16.4 Å². The zero-order valence-corrected chi connectivity index (χ0v) is 12.6. The first-order valence-electron chi connectivity index (χ1n) is 5.42. The van der Waals surface area contributed by atoms with Crippen LogP contribution in [-0.4, -0.2) is 17.3 Å². The minimum Gasteiger partial charge on any atom is -0.352 e. The number of amides is 1. The van der Waals surface area contributed by atoms with Gasteiger partial charge in [-0.1, -0.05) is 46.1 Å². The van der Waals surface area contributed by atoms with Crippen LogP contribution in [0.2, 0.25) is 10.0 Å². The predicted molar refractivity (Wildman–Crippen MR) is 76.4 cm³/mol. The summed E-state index contributed by atoms with van der Waals surface area (Å²) in [6.07, 6.45) is 1.92. The number of carbonyl (C=O) groups is 1. The molecule has 0 aliphatic heterocycles. The summed E-state index contributed by atoms with van der Waals surface area (Å²) >= 11 is 15.3. The third-order valence-corrected chi connectivity index (χ3v) is 4.03. The van der Waals surface area contributed by atoms with E-state index in [0.717, 1.165) is 12.8 Å². The molecular weight excluding hydrogens is 325 g/mol. The number of alkyl halides is 1. The van der Waals surface area contributed by atoms with Gasteiger partial charge in [-0.2, -0.15) is 0 Å². The van der Waals surface area contributed by atoms with E-state index in [4.69, 9.17) is 23.2 Å². The molecule has 17 heavy (non-hydrogen) atoms. The zero-order valence-electron chi connectivity index (χ0n) is 9.47. The maximum Gasteiger partial charge on any atom is 0.252 e. The lowest BCUT2D eigenvalue weighted by Gasteiger charge is -2.09. The first-order chi connectivity index (χ1) is 8.04. The van der Waals surface area contributed by atoms with E-state index in [1.54, 1.807) is 18.2 Å². The van der Waals surface area contributed by atoms with Gasteiger partial charge in [-0.15, -0.1) is 0 Å². The Morgan fingerprint density at radius 2 is 2.18 bits per heavy atom. The molecule has 1 aromatic rings. The van der Waals surface area contributed by atoms with Crippen molar-refractivity contribution in [2.45, 2.75) is 24.6 Å². The van der Waals surface area contributed by atoms with Crippen molar-refractivity contribution in [2.75, 3.05) is 6.54 Å². The van der Waals surface area contributed by atoms with Gasteiger partial charge in [0.25, 0.3) is 5.91 Å². The van der Waals surface area contributed by atoms with Crippen LogP contribution in [-0.2, 0) is 0 Å². The summed E-state index contributed by atoms with van der Waals surface area (Å²) in [5, 5.41) is 3.74. The van der Waals surface area contributed by atoms with Crippen LogP contribution in [0.1, 0.15) is 30.1 Å². The van der Waals surface area contributed by atoms with Crippen LogP contribution in [0.4, 0.5) is 0 Å². The molecule has 94 valence electrons. The van der Waals surface area contributed by atoms with Crippen molar-refractivity contribution >= 4 is 45.0 Å². The van der Waals surface area contributed by atoms with Crippen LogP contribution in [0.3, 0.4) is 0 Å². The van der Waals surface area contributed by atoms with Gasteiger partial charge in [0.05, 0.1) is 10.6 Å². The Morgan fingerprint density at radius 1 is 1.47 bits per heavy atom. The molecule has 0 saturated carbocycles. The van der Waals surface area contributed by atoms with E-state index < -0.39 is 0 Å². The molecule has 0 aliphatic rings. The molecule has 0 fully saturated rings. The van der Waals surface area contributed by atoms with Crippen LogP contribution >= 0.6 is 39.1 Å². The summed E-state index contributed by atoms with van der Waals surface area (Å²) in [5.74, 6) is -0.187. The number of halogens is 3. The van der Waals surface area contributed by atoms with Crippen LogP contribution < -0.4 is 5.32 Å². The van der Waals surface area contributed by atoms with Crippen molar-refractivity contribution in [3.05, 3.63) is 33.8 Å². The van der Waals surface area contributed by atoms with Crippen LogP contribution in [0.15, 0.2) is 18.2 Å². The maximum absolute atomic E-state index is 11.8. The Hall–Kier alpha value is -0.250. The SMILES string of the molecule is CCC(Br)CCNC(=O)c1cc(Cl)ccc1Cl. The molecular formula is C12H14BrCl2NO. The highest BCUT2D eigenvalue weighted by molar-refractivity contribution is 9.09. The molecule has 1 aromatic carbocycles. The van der Waals surface area contributed by atoms with Crippen molar-refractivity contribution in [1.82, 2.24) is 5.32 Å². The Morgan fingerprint density at radius 3 is 2.82 bits per heavy atom. The van der Waals surface area contributed by atoms with Gasteiger partial charge in [0.15, 0.2) is 0 Å². The third kappa shape index (κ3) is 4.86. The number of benzene rings is 1. The number of hydrogen-bond donors (Lipinski definition) is 1. The van der Waals surface area contributed by atoms with Gasteiger partial charge >= 0.3 is 0 Å². The minimum absolute atomic E-state index is 0.187. The van der Waals surface area contributed by atoms with Crippen molar-refractivity contribution in [3.8, 4) is 0 Å². The van der Waals surface area contributed by atoms with E-state index in [0.29, 0.717) is 27.0 Å². The van der Waals surface area contributed by atoms with Crippen molar-refractivity contribution in [3.63, 3.8) is 0 Å². The van der Waals surface area contributed by atoms with Crippen molar-refractivity contribution in [2.24, 2.45) is 0 Å². The van der Waals surface area contributed by atoms with E-state index in [9.17, 15) is 4.79 Å². The lowest BCUT2D eigenvalue weighted by molar-refractivity contribution is 0.0953. The number of hydrogen-bond acceptors (Lipinski definition) is 1. The van der Waals surface area contributed by atoms with Crippen LogP contribution in [0, 0.1) is 0 Å². The highest BCUT2D eigenvalue weighted by atomic mass is 79.9. The Balaban J connectivity index is 2.55. The molecule has 0 spiro atoms. The maximum atomic E-state index is 11.8. The fourth-order valence-electron chi connectivity index (χ4n) is 1.31. The topological polar surface area (TPSA) is 29.1 Å². The monoisotopic (exact) mass is 337 g/mol. The average molecular weight is 339 g/mol. The Bertz CT molecular complexity index is 398. The van der Waals surface area contributed by atoms with E-state index in [1.165, 1.54) is 0 Å². The van der Waals surface area contributed by atoms with Crippen molar-refractivity contribution in [1.29, 1.82) is 0 Å². The molecule has 0 heterocycles. The van der Waals surface area contributed by atoms with Gasteiger partial charge in [0.2, 0.25) is 0 Å². The molecule has 0 bridgehead atoms. The second kappa shape index (κ2) is 7.24. The molecule has 1 unspecified atom stereocenters. The third-order valence-electron chi connectivity index (χ3n) is 2.36. The first kappa shape index (κ1) is 14.8. The predicted octanol–water partition coefficient (Wildman–Crippen LogP) is 4.29. The molecule has 1 N–H and O–H groups in total. The zero-order chi connectivity index (χ0) is 12.8. The largest absolute Gasteiger partial charge is 0.352 e. The lowest BCUT2D eigenvalue weighted by atomic mass is 10.2. The van der Waals surface area contributed by atoms with E-state index in [2.05, 4.69) is 28.2 Å². The van der Waals surface area contributed by atoms with Gasteiger partial charge in [0.1, 0.15) is 0 Å². The van der Waals surface area contributed by atoms with Crippen LogP contribution in [0.25, 0.3) is 0 Å². The summed E-state index contributed by atoms with van der Waals surface area (Å²) in [7, 11) is 0. The molecule has 0 saturated heterocycles. The lowest BCUT2D eigenvalue weighted by Crippen LogP contribution is -2.26. The molecule has 0 radical (unpaired) electrons. The summed E-state index contributed by atoms with van der Waals surface area (Å²) in [4.78, 5) is 12.2. The minimum atomic E-state index is -0.187. The summed E-state index contributed by atoms with van der Waals surface area (Å²) in [5.41, 5.74) is 0.418. The van der Waals surface area contributed by atoms with Gasteiger partial charge in [-0.05, 0) is 31.0 Å². The van der Waals surface area contributed by atoms with Gasteiger partial charge in [-0.25, -0.2) is 0 Å². The Kier molecular flexibility index (Phi) is 6.31. The molecule has 0 aliphatic carbocycles. The molecule has 5 heteroatoms. The fourth-order valence-corrected chi connectivity index (χ4v) is 1.92. The smallest absolute Gasteiger partial charge is 0.252 e. The normalized spacial score (nSPS) is 12.2. The first-order valence-corrected chi connectivity index (χ1v) is 7.09. The van der Waals surface area contributed by atoms with Gasteiger partial charge < -0.3 is 5.32 Å². The fraction of sp³-hybridized carbons (Fsp3) is 0.417. The summed E-state index contributed by atoms with van der Waals surface area (Å²) in [6.45, 7) is 2.71. The van der Waals surface area contributed by atoms with Crippen LogP contribution in [0.5, 0.6) is 0 Å². The molecule has 1 atom stereocenters. The molecule has 2 nitrogen and oxygen atoms in total. The summed E-state index contributed by atoms with van der Waals surface area (Å²) in [6, 6.07) is 4.86. The second-order valence-electron chi connectivity index (χ2n) is 3.67. The van der Waals surface area contributed by atoms with E-state index >= 15 is 0 Å². The number of carbonyl (C=O) groups excluding carboxylic acids is 1. The van der Waals surface area contributed by atoms with Crippen molar-refractivity contribution < 1.29 is 4.79 Å². The highest BCUT2D eigenvalue weighted by Gasteiger charge is 2.10.